The summed E-state index contributed by atoms with van der Waals surface area (Å²) < 4.78 is 12.3. The van der Waals surface area contributed by atoms with Gasteiger partial charge in [-0.05, 0) is 36.2 Å². The molecule has 1 amide bonds. The van der Waals surface area contributed by atoms with Crippen LogP contribution in [-0.4, -0.2) is 55.1 Å². The van der Waals surface area contributed by atoms with Crippen LogP contribution in [0.5, 0.6) is 0 Å². The van der Waals surface area contributed by atoms with Gasteiger partial charge in [0.25, 0.3) is 5.91 Å². The molecule has 3 heterocycles. The zero-order valence-corrected chi connectivity index (χ0v) is 18.6. The van der Waals surface area contributed by atoms with Gasteiger partial charge < -0.3 is 14.1 Å². The first kappa shape index (κ1) is 20.4. The van der Waals surface area contributed by atoms with Crippen molar-refractivity contribution in [1.82, 2.24) is 9.80 Å². The molecule has 160 valence electrons. The van der Waals surface area contributed by atoms with Crippen molar-refractivity contribution in [2.45, 2.75) is 12.5 Å². The lowest BCUT2D eigenvalue weighted by atomic mass is 9.98. The third-order valence-electron chi connectivity index (χ3n) is 6.01. The summed E-state index contributed by atoms with van der Waals surface area (Å²) >= 11 is 3.52. The smallest absolute Gasteiger partial charge is 0.290 e. The van der Waals surface area contributed by atoms with Gasteiger partial charge in [0.1, 0.15) is 5.58 Å². The summed E-state index contributed by atoms with van der Waals surface area (Å²) in [6, 6.07) is 14.5. The van der Waals surface area contributed by atoms with Gasteiger partial charge in [0, 0.05) is 30.7 Å². The Morgan fingerprint density at radius 1 is 1.00 bits per heavy atom. The van der Waals surface area contributed by atoms with Crippen LogP contribution >= 0.6 is 15.9 Å². The fourth-order valence-electron chi connectivity index (χ4n) is 4.51. The highest BCUT2D eigenvalue weighted by atomic mass is 79.9. The second-order valence-electron chi connectivity index (χ2n) is 7.93. The molecule has 0 bridgehead atoms. The molecule has 5 rings (SSSR count). The van der Waals surface area contributed by atoms with Crippen molar-refractivity contribution >= 4 is 32.8 Å². The number of nitrogens with zero attached hydrogens (tertiary/aromatic N) is 2. The Hall–Kier alpha value is -2.48. The topological polar surface area (TPSA) is 63.0 Å². The second kappa shape index (κ2) is 8.57. The highest BCUT2D eigenvalue weighted by Gasteiger charge is 2.42. The molecule has 1 saturated heterocycles. The maximum absolute atomic E-state index is 13.4. The number of para-hydroxylation sites is 1. The van der Waals surface area contributed by atoms with Crippen LogP contribution in [0.1, 0.15) is 34.1 Å². The summed E-state index contributed by atoms with van der Waals surface area (Å²) in [5, 5.41) is 0.504. The van der Waals surface area contributed by atoms with Crippen molar-refractivity contribution in [3.05, 3.63) is 80.1 Å². The largest absolute Gasteiger partial charge is 0.450 e. The summed E-state index contributed by atoms with van der Waals surface area (Å²) in [6.45, 7) is 4.76. The summed E-state index contributed by atoms with van der Waals surface area (Å²) in [5.74, 6) is -0.0511. The summed E-state index contributed by atoms with van der Waals surface area (Å²) in [5.41, 5.74) is 1.65. The zero-order chi connectivity index (χ0) is 21.4. The maximum atomic E-state index is 13.4. The van der Waals surface area contributed by atoms with Gasteiger partial charge >= 0.3 is 0 Å². The highest BCUT2D eigenvalue weighted by Crippen LogP contribution is 2.38. The van der Waals surface area contributed by atoms with E-state index in [-0.39, 0.29) is 17.1 Å². The van der Waals surface area contributed by atoms with Crippen LogP contribution in [0.15, 0.2) is 62.2 Å². The number of fused-ring (bicyclic) bond motifs is 2. The maximum Gasteiger partial charge on any atom is 0.290 e. The van der Waals surface area contributed by atoms with E-state index in [9.17, 15) is 9.59 Å². The second-order valence-corrected chi connectivity index (χ2v) is 8.85. The Morgan fingerprint density at radius 3 is 2.61 bits per heavy atom. The van der Waals surface area contributed by atoms with Gasteiger partial charge in [-0.25, -0.2) is 0 Å². The van der Waals surface area contributed by atoms with Gasteiger partial charge in [-0.15, -0.1) is 0 Å². The van der Waals surface area contributed by atoms with Crippen LogP contribution < -0.4 is 5.43 Å². The number of hydrogen-bond donors (Lipinski definition) is 0. The number of carbonyl (C=O) groups is 1. The lowest BCUT2D eigenvalue weighted by Gasteiger charge is -2.29. The van der Waals surface area contributed by atoms with Crippen molar-refractivity contribution in [3.8, 4) is 0 Å². The monoisotopic (exact) mass is 482 g/mol. The van der Waals surface area contributed by atoms with Crippen LogP contribution in [-0.2, 0) is 4.74 Å². The van der Waals surface area contributed by atoms with Crippen LogP contribution in [0.25, 0.3) is 11.0 Å². The predicted octanol–water partition coefficient (Wildman–Crippen LogP) is 3.82. The normalized spacial score (nSPS) is 19.2. The SMILES string of the molecule is O=C1c2oc3ccccc3c(=O)c2[C@H](c2cccc(Br)c2)N1CCCN1CCOCC1. The van der Waals surface area contributed by atoms with Gasteiger partial charge in [0.05, 0.1) is 30.2 Å². The Balaban J connectivity index is 1.53. The van der Waals surface area contributed by atoms with E-state index >= 15 is 0 Å². The van der Waals surface area contributed by atoms with Crippen LogP contribution in [0, 0.1) is 0 Å². The molecule has 6 nitrogen and oxygen atoms in total. The summed E-state index contributed by atoms with van der Waals surface area (Å²) in [6.07, 6.45) is 0.817. The third kappa shape index (κ3) is 3.82. The molecular weight excluding hydrogens is 460 g/mol. The average Bonchev–Trinajstić information content (AvgIpc) is 3.07. The van der Waals surface area contributed by atoms with Crippen LogP contribution in [0.4, 0.5) is 0 Å². The van der Waals surface area contributed by atoms with Crippen molar-refractivity contribution < 1.29 is 13.9 Å². The fraction of sp³-hybridized carbons (Fsp3) is 0.333. The quantitative estimate of drug-likeness (QED) is 0.552. The van der Waals surface area contributed by atoms with E-state index < -0.39 is 6.04 Å². The van der Waals surface area contributed by atoms with Crippen molar-refractivity contribution in [1.29, 1.82) is 0 Å². The minimum atomic E-state index is -0.453. The van der Waals surface area contributed by atoms with E-state index in [0.717, 1.165) is 49.3 Å². The number of amides is 1. The average molecular weight is 483 g/mol. The Kier molecular flexibility index (Phi) is 5.65. The molecule has 7 heteroatoms. The molecule has 31 heavy (non-hydrogen) atoms. The van der Waals surface area contributed by atoms with E-state index in [1.165, 1.54) is 0 Å². The van der Waals surface area contributed by atoms with Gasteiger partial charge in [0.15, 0.2) is 5.43 Å². The molecule has 0 N–H and O–H groups in total. The van der Waals surface area contributed by atoms with E-state index in [0.29, 0.717) is 23.1 Å². The Labute approximate surface area is 188 Å². The number of halogens is 1. The zero-order valence-electron chi connectivity index (χ0n) is 17.1. The van der Waals surface area contributed by atoms with Crippen molar-refractivity contribution in [2.24, 2.45) is 0 Å². The Bertz CT molecular complexity index is 1190. The molecule has 1 atom stereocenters. The van der Waals surface area contributed by atoms with E-state index in [1.54, 1.807) is 17.0 Å². The van der Waals surface area contributed by atoms with Crippen molar-refractivity contribution in [2.75, 3.05) is 39.4 Å². The Morgan fingerprint density at radius 2 is 1.81 bits per heavy atom. The molecule has 0 spiro atoms. The highest BCUT2D eigenvalue weighted by molar-refractivity contribution is 9.10. The van der Waals surface area contributed by atoms with Gasteiger partial charge in [0.2, 0.25) is 5.76 Å². The molecule has 0 radical (unpaired) electrons. The number of carbonyl (C=O) groups excluding carboxylic acids is 1. The van der Waals surface area contributed by atoms with Gasteiger partial charge in [-0.2, -0.15) is 0 Å². The molecule has 0 aliphatic carbocycles. The van der Waals surface area contributed by atoms with Crippen molar-refractivity contribution in [3.63, 3.8) is 0 Å². The molecular formula is C24H23BrN2O4. The first-order chi connectivity index (χ1) is 15.1. The molecule has 2 aliphatic heterocycles. The van der Waals surface area contributed by atoms with Gasteiger partial charge in [-0.1, -0.05) is 40.2 Å². The van der Waals surface area contributed by atoms with Gasteiger partial charge in [-0.3, -0.25) is 14.5 Å². The molecule has 1 aromatic heterocycles. The predicted molar refractivity (Wildman–Crippen MR) is 121 cm³/mol. The minimum absolute atomic E-state index is 0.133. The van der Waals surface area contributed by atoms with E-state index in [4.69, 9.17) is 9.15 Å². The number of benzene rings is 2. The summed E-state index contributed by atoms with van der Waals surface area (Å²) in [4.78, 5) is 31.0. The fourth-order valence-corrected chi connectivity index (χ4v) is 4.93. The molecule has 1 fully saturated rings. The number of hydrogen-bond acceptors (Lipinski definition) is 5. The number of morpholine rings is 1. The number of ether oxygens (including phenoxy) is 1. The number of rotatable bonds is 5. The molecule has 0 saturated carbocycles. The molecule has 0 unspecified atom stereocenters. The first-order valence-corrected chi connectivity index (χ1v) is 11.3. The molecule has 2 aliphatic rings. The first-order valence-electron chi connectivity index (χ1n) is 10.6. The summed E-state index contributed by atoms with van der Waals surface area (Å²) in [7, 11) is 0. The standard InChI is InChI=1S/C24H23BrN2O4/c25-17-6-3-5-16(15-17)21-20-22(28)18-7-1-2-8-19(18)31-23(20)24(29)27(21)10-4-9-26-11-13-30-14-12-26/h1-3,5-8,15,21H,4,9-14H2/t21-/m0/s1. The minimum Gasteiger partial charge on any atom is -0.450 e. The van der Waals surface area contributed by atoms with Crippen LogP contribution in [0.2, 0.25) is 0 Å². The van der Waals surface area contributed by atoms with E-state index in [1.807, 2.05) is 36.4 Å². The van der Waals surface area contributed by atoms with E-state index in [2.05, 4.69) is 20.8 Å². The molecule has 3 aromatic rings. The lowest BCUT2D eigenvalue weighted by molar-refractivity contribution is 0.0353. The lowest BCUT2D eigenvalue weighted by Crippen LogP contribution is -2.38. The molecule has 2 aromatic carbocycles. The third-order valence-corrected chi connectivity index (χ3v) is 6.51. The van der Waals surface area contributed by atoms with Crippen LogP contribution in [0.3, 0.4) is 0 Å².